The average molecular weight is 186 g/mol. The van der Waals surface area contributed by atoms with Gasteiger partial charge >= 0.3 is 0 Å². The van der Waals surface area contributed by atoms with E-state index in [1.54, 1.807) is 19.3 Å². The van der Waals surface area contributed by atoms with Crippen LogP contribution in [0.1, 0.15) is 17.4 Å². The van der Waals surface area contributed by atoms with Crippen molar-refractivity contribution >= 4 is 5.78 Å². The van der Waals surface area contributed by atoms with Crippen molar-refractivity contribution in [3.05, 3.63) is 42.5 Å². The standard InChI is InChI=1S/C11H10N2O/c1-8(14)11-6-10(7-13-11)9-2-4-12-5-3-9/h2-7,13H,1H3. The summed E-state index contributed by atoms with van der Waals surface area (Å²) in [6.07, 6.45) is 5.29. The Balaban J connectivity index is 2.39. The van der Waals surface area contributed by atoms with Crippen LogP contribution in [0.3, 0.4) is 0 Å². The smallest absolute Gasteiger partial charge is 0.175 e. The number of nitrogens with one attached hydrogen (secondary N) is 1. The molecule has 0 radical (unpaired) electrons. The molecule has 3 nitrogen and oxygen atoms in total. The Morgan fingerprint density at radius 2 is 2.00 bits per heavy atom. The fraction of sp³-hybridized carbons (Fsp3) is 0.0909. The van der Waals surface area contributed by atoms with Gasteiger partial charge in [-0.1, -0.05) is 0 Å². The maximum Gasteiger partial charge on any atom is 0.175 e. The normalized spacial score (nSPS) is 10.1. The number of hydrogen-bond acceptors (Lipinski definition) is 2. The van der Waals surface area contributed by atoms with Gasteiger partial charge in [0.2, 0.25) is 0 Å². The first-order valence-electron chi connectivity index (χ1n) is 4.37. The lowest BCUT2D eigenvalue weighted by Gasteiger charge is -1.93. The van der Waals surface area contributed by atoms with Gasteiger partial charge in [0.25, 0.3) is 0 Å². The van der Waals surface area contributed by atoms with Crippen LogP contribution in [0.15, 0.2) is 36.8 Å². The third kappa shape index (κ3) is 1.57. The van der Waals surface area contributed by atoms with Crippen LogP contribution in [-0.4, -0.2) is 15.8 Å². The topological polar surface area (TPSA) is 45.8 Å². The lowest BCUT2D eigenvalue weighted by molar-refractivity contribution is 0.101. The van der Waals surface area contributed by atoms with E-state index in [9.17, 15) is 4.79 Å². The highest BCUT2D eigenvalue weighted by Crippen LogP contribution is 2.18. The molecule has 0 aliphatic heterocycles. The highest BCUT2D eigenvalue weighted by Gasteiger charge is 2.04. The number of aromatic nitrogens is 2. The summed E-state index contributed by atoms with van der Waals surface area (Å²) in [6.45, 7) is 1.54. The summed E-state index contributed by atoms with van der Waals surface area (Å²) in [5, 5.41) is 0. The minimum atomic E-state index is 0.0466. The molecular formula is C11H10N2O. The fourth-order valence-corrected chi connectivity index (χ4v) is 1.31. The van der Waals surface area contributed by atoms with Crippen molar-refractivity contribution in [1.82, 2.24) is 9.97 Å². The summed E-state index contributed by atoms with van der Waals surface area (Å²) >= 11 is 0. The van der Waals surface area contributed by atoms with Crippen LogP contribution < -0.4 is 0 Å². The zero-order valence-electron chi connectivity index (χ0n) is 7.82. The SMILES string of the molecule is CC(=O)c1cc(-c2ccncc2)c[nH]1. The second kappa shape index (κ2) is 3.46. The number of carbonyl (C=O) groups is 1. The Labute approximate surface area is 81.8 Å². The van der Waals surface area contributed by atoms with Crippen molar-refractivity contribution in [2.75, 3.05) is 0 Å². The number of ketones is 1. The molecule has 3 heteroatoms. The Bertz CT molecular complexity index is 445. The highest BCUT2D eigenvalue weighted by molar-refractivity contribution is 5.93. The zero-order valence-corrected chi connectivity index (χ0v) is 7.82. The molecule has 0 amide bonds. The molecule has 14 heavy (non-hydrogen) atoms. The molecule has 0 bridgehead atoms. The molecule has 2 heterocycles. The minimum Gasteiger partial charge on any atom is -0.358 e. The summed E-state index contributed by atoms with van der Waals surface area (Å²) in [4.78, 5) is 17.9. The summed E-state index contributed by atoms with van der Waals surface area (Å²) < 4.78 is 0. The van der Waals surface area contributed by atoms with Crippen LogP contribution >= 0.6 is 0 Å². The Morgan fingerprint density at radius 1 is 1.29 bits per heavy atom. The number of aromatic amines is 1. The maximum atomic E-state index is 11.0. The van der Waals surface area contributed by atoms with Crippen LogP contribution in [0.5, 0.6) is 0 Å². The molecular weight excluding hydrogens is 176 g/mol. The minimum absolute atomic E-state index is 0.0466. The first-order valence-corrected chi connectivity index (χ1v) is 4.37. The van der Waals surface area contributed by atoms with Gasteiger partial charge in [-0.05, 0) is 29.3 Å². The van der Waals surface area contributed by atoms with Crippen molar-refractivity contribution in [2.45, 2.75) is 6.92 Å². The van der Waals surface area contributed by atoms with Crippen molar-refractivity contribution in [2.24, 2.45) is 0 Å². The van der Waals surface area contributed by atoms with E-state index < -0.39 is 0 Å². The molecule has 0 saturated heterocycles. The number of H-pyrrole nitrogens is 1. The first-order chi connectivity index (χ1) is 6.77. The van der Waals surface area contributed by atoms with Gasteiger partial charge < -0.3 is 4.98 Å². The quantitative estimate of drug-likeness (QED) is 0.731. The number of Topliss-reactive ketones (excluding diaryl/α,β-unsaturated/α-hetero) is 1. The maximum absolute atomic E-state index is 11.0. The van der Waals surface area contributed by atoms with Crippen molar-refractivity contribution < 1.29 is 4.79 Å². The van der Waals surface area contributed by atoms with E-state index in [4.69, 9.17) is 0 Å². The predicted molar refractivity (Wildman–Crippen MR) is 54.0 cm³/mol. The summed E-state index contributed by atoms with van der Waals surface area (Å²) in [6, 6.07) is 5.66. The molecule has 2 aromatic heterocycles. The second-order valence-corrected chi connectivity index (χ2v) is 3.09. The van der Waals surface area contributed by atoms with Gasteiger partial charge in [0.05, 0.1) is 5.69 Å². The van der Waals surface area contributed by atoms with E-state index in [-0.39, 0.29) is 5.78 Å². The zero-order chi connectivity index (χ0) is 9.97. The van der Waals surface area contributed by atoms with Gasteiger partial charge in [0.15, 0.2) is 5.78 Å². The fourth-order valence-electron chi connectivity index (χ4n) is 1.31. The predicted octanol–water partition coefficient (Wildman–Crippen LogP) is 2.28. The van der Waals surface area contributed by atoms with E-state index in [2.05, 4.69) is 9.97 Å². The van der Waals surface area contributed by atoms with E-state index >= 15 is 0 Å². The molecule has 0 aromatic carbocycles. The average Bonchev–Trinajstić information content (AvgIpc) is 2.68. The molecule has 70 valence electrons. The molecule has 0 aliphatic carbocycles. The van der Waals surface area contributed by atoms with Crippen molar-refractivity contribution in [3.63, 3.8) is 0 Å². The number of carbonyl (C=O) groups excluding carboxylic acids is 1. The molecule has 0 unspecified atom stereocenters. The first kappa shape index (κ1) is 8.69. The lowest BCUT2D eigenvalue weighted by atomic mass is 10.1. The summed E-state index contributed by atoms with van der Waals surface area (Å²) in [5.74, 6) is 0.0466. The van der Waals surface area contributed by atoms with E-state index in [1.165, 1.54) is 0 Å². The number of nitrogens with zero attached hydrogens (tertiary/aromatic N) is 1. The van der Waals surface area contributed by atoms with Crippen LogP contribution in [-0.2, 0) is 0 Å². The third-order valence-corrected chi connectivity index (χ3v) is 2.08. The molecule has 2 aromatic rings. The molecule has 0 aliphatic rings. The molecule has 2 rings (SSSR count). The lowest BCUT2D eigenvalue weighted by Crippen LogP contribution is -1.89. The Kier molecular flexibility index (Phi) is 2.14. The molecule has 0 saturated carbocycles. The molecule has 0 spiro atoms. The van der Waals surface area contributed by atoms with Crippen LogP contribution in [0.25, 0.3) is 11.1 Å². The van der Waals surface area contributed by atoms with Crippen molar-refractivity contribution in [1.29, 1.82) is 0 Å². The monoisotopic (exact) mass is 186 g/mol. The summed E-state index contributed by atoms with van der Waals surface area (Å²) in [5.41, 5.74) is 2.71. The van der Waals surface area contributed by atoms with Gasteiger partial charge in [-0.3, -0.25) is 9.78 Å². The number of hydrogen-bond donors (Lipinski definition) is 1. The second-order valence-electron chi connectivity index (χ2n) is 3.09. The highest BCUT2D eigenvalue weighted by atomic mass is 16.1. The van der Waals surface area contributed by atoms with Gasteiger partial charge in [0, 0.05) is 25.5 Å². The largest absolute Gasteiger partial charge is 0.358 e. The molecule has 0 atom stereocenters. The van der Waals surface area contributed by atoms with E-state index in [0.717, 1.165) is 11.1 Å². The van der Waals surface area contributed by atoms with Crippen LogP contribution in [0.4, 0.5) is 0 Å². The van der Waals surface area contributed by atoms with Crippen molar-refractivity contribution in [3.8, 4) is 11.1 Å². The third-order valence-electron chi connectivity index (χ3n) is 2.08. The van der Waals surface area contributed by atoms with Gasteiger partial charge in [-0.15, -0.1) is 0 Å². The molecule has 1 N–H and O–H groups in total. The van der Waals surface area contributed by atoms with Gasteiger partial charge in [0.1, 0.15) is 0 Å². The Hall–Kier alpha value is -1.90. The van der Waals surface area contributed by atoms with E-state index in [1.807, 2.05) is 24.4 Å². The summed E-state index contributed by atoms with van der Waals surface area (Å²) in [7, 11) is 0. The van der Waals surface area contributed by atoms with Gasteiger partial charge in [-0.25, -0.2) is 0 Å². The molecule has 0 fully saturated rings. The number of rotatable bonds is 2. The Morgan fingerprint density at radius 3 is 2.57 bits per heavy atom. The van der Waals surface area contributed by atoms with Crippen LogP contribution in [0.2, 0.25) is 0 Å². The van der Waals surface area contributed by atoms with Gasteiger partial charge in [-0.2, -0.15) is 0 Å². The number of pyridine rings is 1. The van der Waals surface area contributed by atoms with Crippen LogP contribution in [0, 0.1) is 0 Å². The van der Waals surface area contributed by atoms with E-state index in [0.29, 0.717) is 5.69 Å².